The van der Waals surface area contributed by atoms with Gasteiger partial charge in [0.05, 0.1) is 23.2 Å². The number of phenolic OH excluding ortho intramolecular Hbond substituents is 1. The minimum atomic E-state index is -0.0412. The lowest BCUT2D eigenvalue weighted by Crippen LogP contribution is -2.21. The van der Waals surface area contributed by atoms with E-state index < -0.39 is 0 Å². The molecule has 1 rings (SSSR count). The van der Waals surface area contributed by atoms with Crippen LogP contribution in [0.2, 0.25) is 10.0 Å². The highest BCUT2D eigenvalue weighted by Gasteiger charge is 2.07. The molecule has 0 aliphatic rings. The number of phenols is 1. The first kappa shape index (κ1) is 15.0. The van der Waals surface area contributed by atoms with Crippen LogP contribution in [-0.4, -0.2) is 36.8 Å². The van der Waals surface area contributed by atoms with Crippen molar-refractivity contribution in [1.29, 1.82) is 0 Å². The molecule has 0 saturated heterocycles. The highest BCUT2D eigenvalue weighted by atomic mass is 35.5. The fourth-order valence-corrected chi connectivity index (χ4v) is 1.82. The Hall–Kier alpha value is -1.08. The van der Waals surface area contributed by atoms with Gasteiger partial charge in [0.25, 0.3) is 0 Å². The van der Waals surface area contributed by atoms with E-state index in [9.17, 15) is 5.11 Å². The summed E-state index contributed by atoms with van der Waals surface area (Å²) in [6, 6.07) is 2.87. The molecule has 1 aromatic carbocycles. The summed E-state index contributed by atoms with van der Waals surface area (Å²) in [6.45, 7) is 1.94. The average molecular weight is 288 g/mol. The molecule has 3 nitrogen and oxygen atoms in total. The highest BCUT2D eigenvalue weighted by Crippen LogP contribution is 2.34. The molecule has 0 spiro atoms. The van der Waals surface area contributed by atoms with Crippen LogP contribution in [0.25, 0.3) is 0 Å². The highest BCUT2D eigenvalue weighted by molar-refractivity contribution is 6.36. The van der Waals surface area contributed by atoms with Crippen molar-refractivity contribution in [3.63, 3.8) is 0 Å². The number of ether oxygens (including phenoxy) is 1. The van der Waals surface area contributed by atoms with Gasteiger partial charge in [0.15, 0.2) is 0 Å². The van der Waals surface area contributed by atoms with Crippen molar-refractivity contribution in [2.75, 3.05) is 26.7 Å². The monoisotopic (exact) mass is 287 g/mol. The Morgan fingerprint density at radius 3 is 2.78 bits per heavy atom. The lowest BCUT2D eigenvalue weighted by molar-refractivity contribution is 0.274. The van der Waals surface area contributed by atoms with E-state index in [4.69, 9.17) is 34.4 Å². The molecule has 0 unspecified atom stereocenters. The molecule has 0 bridgehead atoms. The van der Waals surface area contributed by atoms with E-state index in [-0.39, 0.29) is 10.8 Å². The number of terminal acetylenes is 1. The van der Waals surface area contributed by atoms with Gasteiger partial charge in [-0.2, -0.15) is 0 Å². The van der Waals surface area contributed by atoms with Crippen LogP contribution in [0.4, 0.5) is 0 Å². The lowest BCUT2D eigenvalue weighted by Gasteiger charge is -2.14. The van der Waals surface area contributed by atoms with E-state index in [0.717, 1.165) is 13.0 Å². The Kier molecular flexibility index (Phi) is 6.14. The summed E-state index contributed by atoms with van der Waals surface area (Å²) in [5.74, 6) is 2.95. The molecule has 0 aliphatic carbocycles. The summed E-state index contributed by atoms with van der Waals surface area (Å²) >= 11 is 11.6. The predicted octanol–water partition coefficient (Wildman–Crippen LogP) is 3.03. The summed E-state index contributed by atoms with van der Waals surface area (Å²) < 4.78 is 5.47. The SMILES string of the molecule is C#CCN(C)CCCOc1cc(O)c(Cl)cc1Cl. The molecular weight excluding hydrogens is 273 g/mol. The third-order valence-electron chi connectivity index (χ3n) is 2.30. The number of benzene rings is 1. The van der Waals surface area contributed by atoms with Gasteiger partial charge < -0.3 is 9.84 Å². The molecule has 0 fully saturated rings. The van der Waals surface area contributed by atoms with Gasteiger partial charge in [0.2, 0.25) is 0 Å². The van der Waals surface area contributed by atoms with Crippen molar-refractivity contribution >= 4 is 23.2 Å². The number of nitrogens with zero attached hydrogens (tertiary/aromatic N) is 1. The molecule has 0 amide bonds. The quantitative estimate of drug-likeness (QED) is 0.645. The van der Waals surface area contributed by atoms with E-state index in [1.54, 1.807) is 0 Å². The van der Waals surface area contributed by atoms with Crippen LogP contribution < -0.4 is 4.74 Å². The Bertz CT molecular complexity index is 443. The third-order valence-corrected chi connectivity index (χ3v) is 2.90. The number of rotatable bonds is 6. The largest absolute Gasteiger partial charge is 0.506 e. The van der Waals surface area contributed by atoms with Crippen LogP contribution in [0.5, 0.6) is 11.5 Å². The van der Waals surface area contributed by atoms with Crippen LogP contribution in [0.1, 0.15) is 6.42 Å². The van der Waals surface area contributed by atoms with Crippen molar-refractivity contribution < 1.29 is 9.84 Å². The Morgan fingerprint density at radius 2 is 2.11 bits per heavy atom. The Morgan fingerprint density at radius 1 is 1.39 bits per heavy atom. The number of hydrogen-bond donors (Lipinski definition) is 1. The second kappa shape index (κ2) is 7.38. The van der Waals surface area contributed by atoms with Crippen molar-refractivity contribution in [1.82, 2.24) is 4.90 Å². The maximum atomic E-state index is 9.44. The first-order chi connectivity index (χ1) is 8.54. The first-order valence-corrected chi connectivity index (χ1v) is 6.23. The van der Waals surface area contributed by atoms with Gasteiger partial charge in [-0.15, -0.1) is 6.42 Å². The van der Waals surface area contributed by atoms with Gasteiger partial charge >= 0.3 is 0 Å². The summed E-state index contributed by atoms with van der Waals surface area (Å²) in [6.07, 6.45) is 6.01. The zero-order valence-corrected chi connectivity index (χ0v) is 11.6. The summed E-state index contributed by atoms with van der Waals surface area (Å²) in [5.41, 5.74) is 0. The summed E-state index contributed by atoms with van der Waals surface area (Å²) in [7, 11) is 1.95. The minimum absolute atomic E-state index is 0.0412. The maximum Gasteiger partial charge on any atom is 0.141 e. The van der Waals surface area contributed by atoms with Gasteiger partial charge in [-0.25, -0.2) is 0 Å². The molecule has 1 aromatic rings. The zero-order chi connectivity index (χ0) is 13.5. The maximum absolute atomic E-state index is 9.44. The predicted molar refractivity (Wildman–Crippen MR) is 74.6 cm³/mol. The molecular formula is C13H15Cl2NO2. The molecule has 0 aromatic heterocycles. The van der Waals surface area contributed by atoms with E-state index in [1.807, 2.05) is 11.9 Å². The molecule has 98 valence electrons. The average Bonchev–Trinajstić information content (AvgIpc) is 2.31. The molecule has 0 aliphatic heterocycles. The summed E-state index contributed by atoms with van der Waals surface area (Å²) in [5, 5.41) is 10.0. The second-order valence-electron chi connectivity index (χ2n) is 3.88. The van der Waals surface area contributed by atoms with Gasteiger partial charge in [-0.3, -0.25) is 4.90 Å². The fourth-order valence-electron chi connectivity index (χ4n) is 1.38. The summed E-state index contributed by atoms with van der Waals surface area (Å²) in [4.78, 5) is 2.02. The molecule has 0 atom stereocenters. The second-order valence-corrected chi connectivity index (χ2v) is 4.69. The third kappa shape index (κ3) is 4.66. The standard InChI is InChI=1S/C13H15Cl2NO2/c1-3-5-16(2)6-4-7-18-13-9-12(17)10(14)8-11(13)15/h1,8-9,17H,4-7H2,2H3. The molecule has 0 radical (unpaired) electrons. The molecule has 5 heteroatoms. The normalized spacial score (nSPS) is 10.4. The minimum Gasteiger partial charge on any atom is -0.506 e. The van der Waals surface area contributed by atoms with E-state index in [0.29, 0.717) is 23.9 Å². The Balaban J connectivity index is 2.40. The van der Waals surface area contributed by atoms with Crippen molar-refractivity contribution in [2.24, 2.45) is 0 Å². The van der Waals surface area contributed by atoms with Gasteiger partial charge in [-0.1, -0.05) is 29.1 Å². The smallest absolute Gasteiger partial charge is 0.141 e. The number of hydrogen-bond acceptors (Lipinski definition) is 3. The van der Waals surface area contributed by atoms with Crippen LogP contribution in [0.3, 0.4) is 0 Å². The van der Waals surface area contributed by atoms with Gasteiger partial charge in [0.1, 0.15) is 11.5 Å². The van der Waals surface area contributed by atoms with Crippen LogP contribution >= 0.6 is 23.2 Å². The van der Waals surface area contributed by atoms with Crippen molar-refractivity contribution in [3.8, 4) is 23.8 Å². The van der Waals surface area contributed by atoms with E-state index >= 15 is 0 Å². The number of aromatic hydroxyl groups is 1. The first-order valence-electron chi connectivity index (χ1n) is 5.47. The van der Waals surface area contributed by atoms with Gasteiger partial charge in [0, 0.05) is 12.6 Å². The fraction of sp³-hybridized carbons (Fsp3) is 0.385. The molecule has 1 N–H and O–H groups in total. The van der Waals surface area contributed by atoms with E-state index in [1.165, 1.54) is 12.1 Å². The molecule has 0 heterocycles. The number of halogens is 2. The van der Waals surface area contributed by atoms with Crippen molar-refractivity contribution in [3.05, 3.63) is 22.2 Å². The molecule has 18 heavy (non-hydrogen) atoms. The van der Waals surface area contributed by atoms with Crippen LogP contribution in [0.15, 0.2) is 12.1 Å². The lowest BCUT2D eigenvalue weighted by atomic mass is 10.3. The Labute approximate surface area is 117 Å². The van der Waals surface area contributed by atoms with Gasteiger partial charge in [-0.05, 0) is 19.5 Å². The zero-order valence-electron chi connectivity index (χ0n) is 10.1. The van der Waals surface area contributed by atoms with Crippen LogP contribution in [-0.2, 0) is 0 Å². The molecule has 0 saturated carbocycles. The van der Waals surface area contributed by atoms with E-state index in [2.05, 4.69) is 5.92 Å². The van der Waals surface area contributed by atoms with Crippen LogP contribution in [0, 0.1) is 12.3 Å². The topological polar surface area (TPSA) is 32.7 Å². The van der Waals surface area contributed by atoms with Crippen molar-refractivity contribution in [2.45, 2.75) is 6.42 Å².